The Morgan fingerprint density at radius 1 is 1.25 bits per heavy atom. The fourth-order valence-electron chi connectivity index (χ4n) is 1.66. The van der Waals surface area contributed by atoms with Gasteiger partial charge in [-0.3, -0.25) is 0 Å². The Bertz CT molecular complexity index is 659. The number of thiophene rings is 1. The van der Waals surface area contributed by atoms with E-state index in [0.717, 1.165) is 17.0 Å². The molecule has 0 bridgehead atoms. The van der Waals surface area contributed by atoms with E-state index < -0.39 is 10.0 Å². The van der Waals surface area contributed by atoms with Crippen molar-refractivity contribution in [3.8, 4) is 0 Å². The predicted octanol–water partition coefficient (Wildman–Crippen LogP) is 2.24. The zero-order valence-corrected chi connectivity index (χ0v) is 13.1. The molecule has 2 aromatic rings. The maximum absolute atomic E-state index is 12.1. The number of furan rings is 1. The van der Waals surface area contributed by atoms with E-state index in [-0.39, 0.29) is 11.6 Å². The zero-order chi connectivity index (χ0) is 14.6. The van der Waals surface area contributed by atoms with Crippen LogP contribution in [0.15, 0.2) is 33.1 Å². The van der Waals surface area contributed by atoms with Gasteiger partial charge in [0.25, 0.3) is 10.0 Å². The van der Waals surface area contributed by atoms with Crippen LogP contribution in [0.2, 0.25) is 0 Å². The second-order valence-corrected chi connectivity index (χ2v) is 7.05. The Kier molecular flexibility index (Phi) is 4.98. The SMILES string of the molecule is CCNCc1ccc(S(=O)(=O)NCc2sccc2C)o1. The summed E-state index contributed by atoms with van der Waals surface area (Å²) in [5.41, 5.74) is 1.09. The monoisotopic (exact) mass is 314 g/mol. The fourth-order valence-corrected chi connectivity index (χ4v) is 3.54. The highest BCUT2D eigenvalue weighted by molar-refractivity contribution is 7.89. The average molecular weight is 314 g/mol. The average Bonchev–Trinajstić information content (AvgIpc) is 3.03. The number of hydrogen-bond acceptors (Lipinski definition) is 5. The van der Waals surface area contributed by atoms with Gasteiger partial charge in [0.2, 0.25) is 5.09 Å². The van der Waals surface area contributed by atoms with Crippen LogP contribution in [0, 0.1) is 6.92 Å². The molecular weight excluding hydrogens is 296 g/mol. The minimum atomic E-state index is -3.60. The van der Waals surface area contributed by atoms with Gasteiger partial charge in [0.05, 0.1) is 6.54 Å². The molecule has 5 nitrogen and oxygen atoms in total. The topological polar surface area (TPSA) is 71.3 Å². The summed E-state index contributed by atoms with van der Waals surface area (Å²) in [6, 6.07) is 5.12. The van der Waals surface area contributed by atoms with E-state index in [0.29, 0.717) is 12.3 Å². The van der Waals surface area contributed by atoms with Crippen molar-refractivity contribution < 1.29 is 12.8 Å². The van der Waals surface area contributed by atoms with Crippen LogP contribution in [-0.2, 0) is 23.1 Å². The van der Waals surface area contributed by atoms with Gasteiger partial charge in [-0.2, -0.15) is 0 Å². The van der Waals surface area contributed by atoms with Crippen molar-refractivity contribution in [2.75, 3.05) is 6.54 Å². The first-order valence-corrected chi connectivity index (χ1v) is 8.71. The molecule has 2 aromatic heterocycles. The van der Waals surface area contributed by atoms with E-state index in [1.165, 1.54) is 17.4 Å². The number of nitrogens with one attached hydrogen (secondary N) is 2. The lowest BCUT2D eigenvalue weighted by Gasteiger charge is -2.04. The number of hydrogen-bond donors (Lipinski definition) is 2. The summed E-state index contributed by atoms with van der Waals surface area (Å²) in [5.74, 6) is 0.611. The van der Waals surface area contributed by atoms with Gasteiger partial charge < -0.3 is 9.73 Å². The highest BCUT2D eigenvalue weighted by atomic mass is 32.2. The molecule has 0 saturated carbocycles. The molecule has 2 N–H and O–H groups in total. The van der Waals surface area contributed by atoms with E-state index in [1.54, 1.807) is 6.07 Å². The van der Waals surface area contributed by atoms with Gasteiger partial charge in [-0.25, -0.2) is 13.1 Å². The van der Waals surface area contributed by atoms with Gasteiger partial charge >= 0.3 is 0 Å². The molecule has 0 aliphatic carbocycles. The molecule has 0 radical (unpaired) electrons. The van der Waals surface area contributed by atoms with E-state index in [1.807, 2.05) is 25.3 Å². The fraction of sp³-hybridized carbons (Fsp3) is 0.385. The van der Waals surface area contributed by atoms with Crippen molar-refractivity contribution in [3.05, 3.63) is 39.8 Å². The summed E-state index contributed by atoms with van der Waals surface area (Å²) >= 11 is 1.53. The summed E-state index contributed by atoms with van der Waals surface area (Å²) in [7, 11) is -3.60. The van der Waals surface area contributed by atoms with Crippen LogP contribution in [0.3, 0.4) is 0 Å². The zero-order valence-electron chi connectivity index (χ0n) is 11.5. The lowest BCUT2D eigenvalue weighted by atomic mass is 10.3. The second kappa shape index (κ2) is 6.53. The first-order chi connectivity index (χ1) is 9.53. The first-order valence-electron chi connectivity index (χ1n) is 6.35. The number of aryl methyl sites for hydroxylation is 1. The van der Waals surface area contributed by atoms with Crippen molar-refractivity contribution in [1.82, 2.24) is 10.0 Å². The molecule has 0 amide bonds. The lowest BCUT2D eigenvalue weighted by molar-refractivity contribution is 0.401. The summed E-state index contributed by atoms with van der Waals surface area (Å²) in [4.78, 5) is 1.01. The van der Waals surface area contributed by atoms with Gasteiger partial charge in [0.15, 0.2) is 0 Å². The van der Waals surface area contributed by atoms with E-state index in [2.05, 4.69) is 10.0 Å². The second-order valence-electron chi connectivity index (χ2n) is 4.35. The van der Waals surface area contributed by atoms with Crippen LogP contribution < -0.4 is 10.0 Å². The minimum absolute atomic E-state index is 0.0420. The van der Waals surface area contributed by atoms with E-state index >= 15 is 0 Å². The normalized spacial score (nSPS) is 11.9. The molecule has 0 fully saturated rings. The molecule has 0 unspecified atom stereocenters. The highest BCUT2D eigenvalue weighted by Gasteiger charge is 2.18. The third kappa shape index (κ3) is 3.69. The summed E-state index contributed by atoms with van der Waals surface area (Å²) in [6.45, 7) is 5.55. The molecule has 110 valence electrons. The Balaban J connectivity index is 2.03. The number of sulfonamides is 1. The van der Waals surface area contributed by atoms with Gasteiger partial charge in [0, 0.05) is 11.4 Å². The molecule has 20 heavy (non-hydrogen) atoms. The quantitative estimate of drug-likeness (QED) is 0.822. The molecule has 0 spiro atoms. The molecule has 0 saturated heterocycles. The van der Waals surface area contributed by atoms with Crippen molar-refractivity contribution >= 4 is 21.4 Å². The number of rotatable bonds is 7. The third-order valence-electron chi connectivity index (χ3n) is 2.84. The van der Waals surface area contributed by atoms with Gasteiger partial charge in [-0.1, -0.05) is 6.92 Å². The predicted molar refractivity (Wildman–Crippen MR) is 79.2 cm³/mol. The smallest absolute Gasteiger partial charge is 0.274 e. The Hall–Kier alpha value is -1.15. The van der Waals surface area contributed by atoms with E-state index in [4.69, 9.17) is 4.42 Å². The maximum Gasteiger partial charge on any atom is 0.274 e. The van der Waals surface area contributed by atoms with Crippen LogP contribution in [0.1, 0.15) is 23.1 Å². The summed E-state index contributed by atoms with van der Waals surface area (Å²) in [5, 5.41) is 4.99. The molecule has 2 heterocycles. The van der Waals surface area contributed by atoms with Crippen LogP contribution in [-0.4, -0.2) is 15.0 Å². The van der Waals surface area contributed by atoms with Crippen molar-refractivity contribution in [3.63, 3.8) is 0 Å². The first kappa shape index (κ1) is 15.2. The molecule has 0 aliphatic rings. The summed E-state index contributed by atoms with van der Waals surface area (Å²) in [6.07, 6.45) is 0. The Labute approximate surface area is 123 Å². The van der Waals surface area contributed by atoms with Crippen molar-refractivity contribution in [1.29, 1.82) is 0 Å². The standard InChI is InChI=1S/C13H18N2O3S2/c1-3-14-8-11-4-5-13(18-11)20(16,17)15-9-12-10(2)6-7-19-12/h4-7,14-15H,3,8-9H2,1-2H3. The van der Waals surface area contributed by atoms with Gasteiger partial charge in [-0.15, -0.1) is 11.3 Å². The Morgan fingerprint density at radius 3 is 2.70 bits per heavy atom. The van der Waals surface area contributed by atoms with Crippen molar-refractivity contribution in [2.24, 2.45) is 0 Å². The molecule has 7 heteroatoms. The largest absolute Gasteiger partial charge is 0.447 e. The van der Waals surface area contributed by atoms with E-state index in [9.17, 15) is 8.42 Å². The van der Waals surface area contributed by atoms with Crippen LogP contribution in [0.5, 0.6) is 0 Å². The van der Waals surface area contributed by atoms with Gasteiger partial charge in [-0.05, 0) is 42.6 Å². The third-order valence-corrected chi connectivity index (χ3v) is 5.14. The molecule has 0 aromatic carbocycles. The van der Waals surface area contributed by atoms with Crippen molar-refractivity contribution in [2.45, 2.75) is 32.0 Å². The minimum Gasteiger partial charge on any atom is -0.447 e. The van der Waals surface area contributed by atoms with Gasteiger partial charge in [0.1, 0.15) is 5.76 Å². The van der Waals surface area contributed by atoms with Crippen LogP contribution in [0.4, 0.5) is 0 Å². The molecule has 0 atom stereocenters. The van der Waals surface area contributed by atoms with Crippen LogP contribution in [0.25, 0.3) is 0 Å². The highest BCUT2D eigenvalue weighted by Crippen LogP contribution is 2.18. The Morgan fingerprint density at radius 2 is 2.05 bits per heavy atom. The van der Waals surface area contributed by atoms with Crippen LogP contribution >= 0.6 is 11.3 Å². The summed E-state index contributed by atoms with van der Waals surface area (Å²) < 4.78 is 32.1. The molecular formula is C13H18N2O3S2. The maximum atomic E-state index is 12.1. The molecule has 2 rings (SSSR count). The lowest BCUT2D eigenvalue weighted by Crippen LogP contribution is -2.22. The molecule has 0 aliphatic heterocycles.